The second-order valence-corrected chi connectivity index (χ2v) is 9.49. The molecule has 0 aliphatic carbocycles. The van der Waals surface area contributed by atoms with Crippen LogP contribution in [-0.4, -0.2) is 63.0 Å². The molecule has 1 fully saturated rings. The van der Waals surface area contributed by atoms with Crippen LogP contribution < -0.4 is 9.62 Å². The summed E-state index contributed by atoms with van der Waals surface area (Å²) in [6.45, 7) is 2.76. The second kappa shape index (κ2) is 9.76. The first-order valence-electron chi connectivity index (χ1n) is 10.6. The van der Waals surface area contributed by atoms with Crippen molar-refractivity contribution in [3.8, 4) is 0 Å². The number of sulfonamides is 1. The van der Waals surface area contributed by atoms with Crippen molar-refractivity contribution < 1.29 is 22.7 Å². The molecule has 32 heavy (non-hydrogen) atoms. The van der Waals surface area contributed by atoms with E-state index in [2.05, 4.69) is 9.71 Å². The van der Waals surface area contributed by atoms with Crippen molar-refractivity contribution in [2.45, 2.75) is 30.7 Å². The van der Waals surface area contributed by atoms with Crippen molar-refractivity contribution in [1.29, 1.82) is 0 Å². The molecule has 0 radical (unpaired) electrons. The fourth-order valence-corrected chi connectivity index (χ4v) is 4.93. The number of pyridine rings is 1. The lowest BCUT2D eigenvalue weighted by Gasteiger charge is -2.27. The zero-order valence-corrected chi connectivity index (χ0v) is 18.5. The van der Waals surface area contributed by atoms with Gasteiger partial charge >= 0.3 is 0 Å². The van der Waals surface area contributed by atoms with Gasteiger partial charge in [0.15, 0.2) is 0 Å². The van der Waals surface area contributed by atoms with Gasteiger partial charge in [0.05, 0.1) is 30.3 Å². The van der Waals surface area contributed by atoms with Crippen molar-refractivity contribution in [2.75, 3.05) is 37.7 Å². The maximum absolute atomic E-state index is 12.7. The number of hydrogen-bond donors (Lipinski definition) is 1. The van der Waals surface area contributed by atoms with E-state index in [9.17, 15) is 18.0 Å². The van der Waals surface area contributed by atoms with E-state index in [1.54, 1.807) is 46.3 Å². The number of anilines is 1. The molecule has 2 aliphatic heterocycles. The van der Waals surface area contributed by atoms with Gasteiger partial charge in [-0.15, -0.1) is 0 Å². The first-order valence-corrected chi connectivity index (χ1v) is 12.1. The summed E-state index contributed by atoms with van der Waals surface area (Å²) >= 11 is 0. The molecule has 9 nitrogen and oxygen atoms in total. The monoisotopic (exact) mass is 458 g/mol. The molecule has 0 atom stereocenters. The number of amides is 2. The highest BCUT2D eigenvalue weighted by atomic mass is 32.2. The molecule has 2 aliphatic rings. The highest BCUT2D eigenvalue weighted by Gasteiger charge is 2.27. The molecule has 170 valence electrons. The zero-order chi connectivity index (χ0) is 22.6. The summed E-state index contributed by atoms with van der Waals surface area (Å²) in [5.74, 6) is -0.171. The van der Waals surface area contributed by atoms with E-state index in [0.717, 1.165) is 5.56 Å². The van der Waals surface area contributed by atoms with Crippen LogP contribution in [0.2, 0.25) is 0 Å². The van der Waals surface area contributed by atoms with Gasteiger partial charge in [-0.25, -0.2) is 13.1 Å². The minimum atomic E-state index is -3.71. The van der Waals surface area contributed by atoms with E-state index >= 15 is 0 Å². The topological polar surface area (TPSA) is 109 Å². The number of nitrogens with one attached hydrogen (secondary N) is 1. The molecule has 1 N–H and O–H groups in total. The molecule has 1 aromatic carbocycles. The van der Waals surface area contributed by atoms with E-state index < -0.39 is 10.0 Å². The Morgan fingerprint density at radius 2 is 1.81 bits per heavy atom. The maximum atomic E-state index is 12.7. The first kappa shape index (κ1) is 22.4. The van der Waals surface area contributed by atoms with Crippen molar-refractivity contribution in [2.24, 2.45) is 0 Å². The van der Waals surface area contributed by atoms with Crippen LogP contribution in [0.25, 0.3) is 0 Å². The van der Waals surface area contributed by atoms with Gasteiger partial charge in [-0.05, 0) is 42.3 Å². The predicted molar refractivity (Wildman–Crippen MR) is 117 cm³/mol. The third-order valence-corrected chi connectivity index (χ3v) is 7.04. The van der Waals surface area contributed by atoms with Gasteiger partial charge in [-0.1, -0.05) is 6.07 Å². The standard InChI is InChI=1S/C22H26N4O5S/c27-21(25-11-13-31-14-12-25)6-7-22(28)26-10-8-17-15-19(4-5-20(17)26)32(29,30)24-16-18-3-1-2-9-23-18/h1-5,9,15,24H,6-8,10-14,16H2. The number of nitrogens with zero attached hydrogens (tertiary/aromatic N) is 3. The minimum absolute atomic E-state index is 0.0403. The fourth-order valence-electron chi connectivity index (χ4n) is 3.88. The number of morpholine rings is 1. The van der Waals surface area contributed by atoms with Gasteiger partial charge in [0, 0.05) is 44.4 Å². The Hall–Kier alpha value is -2.82. The summed E-state index contributed by atoms with van der Waals surface area (Å²) in [6.07, 6.45) is 2.47. The van der Waals surface area contributed by atoms with E-state index in [-0.39, 0.29) is 36.1 Å². The lowest BCUT2D eigenvalue weighted by Crippen LogP contribution is -2.41. The Morgan fingerprint density at radius 3 is 2.56 bits per heavy atom. The largest absolute Gasteiger partial charge is 0.378 e. The van der Waals surface area contributed by atoms with Gasteiger partial charge in [0.1, 0.15) is 0 Å². The van der Waals surface area contributed by atoms with Crippen molar-refractivity contribution >= 4 is 27.5 Å². The molecule has 10 heteroatoms. The van der Waals surface area contributed by atoms with Gasteiger partial charge in [-0.3, -0.25) is 14.6 Å². The number of hydrogen-bond acceptors (Lipinski definition) is 6. The smallest absolute Gasteiger partial charge is 0.240 e. The minimum Gasteiger partial charge on any atom is -0.378 e. The molecule has 0 saturated carbocycles. The summed E-state index contributed by atoms with van der Waals surface area (Å²) in [5.41, 5.74) is 2.14. The molecule has 2 aromatic rings. The Kier molecular flexibility index (Phi) is 6.83. The highest BCUT2D eigenvalue weighted by molar-refractivity contribution is 7.89. The van der Waals surface area contributed by atoms with Crippen LogP contribution >= 0.6 is 0 Å². The lowest BCUT2D eigenvalue weighted by molar-refractivity contribution is -0.136. The van der Waals surface area contributed by atoms with Gasteiger partial charge < -0.3 is 14.5 Å². The van der Waals surface area contributed by atoms with E-state index in [0.29, 0.717) is 50.7 Å². The summed E-state index contributed by atoms with van der Waals surface area (Å²) in [4.78, 5) is 32.7. The van der Waals surface area contributed by atoms with Crippen LogP contribution in [0.4, 0.5) is 5.69 Å². The average Bonchev–Trinajstić information content (AvgIpc) is 3.26. The number of aromatic nitrogens is 1. The normalized spacial score (nSPS) is 16.1. The second-order valence-electron chi connectivity index (χ2n) is 7.72. The van der Waals surface area contributed by atoms with Crippen LogP contribution in [0.1, 0.15) is 24.1 Å². The number of rotatable bonds is 7. The predicted octanol–water partition coefficient (Wildman–Crippen LogP) is 1.09. The van der Waals surface area contributed by atoms with E-state index in [1.165, 1.54) is 6.07 Å². The molecule has 4 rings (SSSR count). The van der Waals surface area contributed by atoms with Crippen molar-refractivity contribution in [3.63, 3.8) is 0 Å². The molecule has 0 spiro atoms. The number of benzene rings is 1. The number of ether oxygens (including phenoxy) is 1. The van der Waals surface area contributed by atoms with Crippen molar-refractivity contribution in [1.82, 2.24) is 14.6 Å². The third-order valence-electron chi connectivity index (χ3n) is 5.64. The van der Waals surface area contributed by atoms with Crippen LogP contribution in [-0.2, 0) is 37.3 Å². The number of fused-ring (bicyclic) bond motifs is 1. The Balaban J connectivity index is 1.37. The quantitative estimate of drug-likeness (QED) is 0.665. The molecule has 1 aromatic heterocycles. The number of carbonyl (C=O) groups is 2. The van der Waals surface area contributed by atoms with Crippen LogP contribution in [0.5, 0.6) is 0 Å². The summed E-state index contributed by atoms with van der Waals surface area (Å²) in [6, 6.07) is 10.1. The van der Waals surface area contributed by atoms with E-state index in [1.807, 2.05) is 0 Å². The molecule has 0 bridgehead atoms. The molecule has 1 saturated heterocycles. The van der Waals surface area contributed by atoms with E-state index in [4.69, 9.17) is 4.74 Å². The lowest BCUT2D eigenvalue weighted by atomic mass is 10.2. The van der Waals surface area contributed by atoms with Crippen LogP contribution in [0.15, 0.2) is 47.5 Å². The Morgan fingerprint density at radius 1 is 1.03 bits per heavy atom. The van der Waals surface area contributed by atoms with Gasteiger partial charge in [0.25, 0.3) is 0 Å². The molecule has 2 amide bonds. The summed E-state index contributed by atoms with van der Waals surface area (Å²) in [5, 5.41) is 0. The zero-order valence-electron chi connectivity index (χ0n) is 17.7. The van der Waals surface area contributed by atoms with Gasteiger partial charge in [0.2, 0.25) is 21.8 Å². The Bertz CT molecular complexity index is 1080. The average molecular weight is 459 g/mol. The molecular formula is C22H26N4O5S. The van der Waals surface area contributed by atoms with Crippen LogP contribution in [0, 0.1) is 0 Å². The molecule has 0 unspecified atom stereocenters. The van der Waals surface area contributed by atoms with Crippen molar-refractivity contribution in [3.05, 3.63) is 53.9 Å². The van der Waals surface area contributed by atoms with Crippen LogP contribution in [0.3, 0.4) is 0 Å². The maximum Gasteiger partial charge on any atom is 0.240 e. The fraction of sp³-hybridized carbons (Fsp3) is 0.409. The summed E-state index contributed by atoms with van der Waals surface area (Å²) < 4.78 is 33.2. The number of carbonyl (C=O) groups excluding carboxylic acids is 2. The third kappa shape index (κ3) is 5.14. The van der Waals surface area contributed by atoms with Gasteiger partial charge in [-0.2, -0.15) is 0 Å². The molecular weight excluding hydrogens is 432 g/mol. The SMILES string of the molecule is O=C(CCC(=O)N1CCc2cc(S(=O)(=O)NCc3ccccn3)ccc21)N1CCOCC1. The summed E-state index contributed by atoms with van der Waals surface area (Å²) in [7, 11) is -3.71. The highest BCUT2D eigenvalue weighted by Crippen LogP contribution is 2.31. The molecule has 3 heterocycles. The first-order chi connectivity index (χ1) is 15.4. The Labute approximate surface area is 187 Å².